The number of fused-ring (bicyclic) bond motifs is 1. The number of carbonyl (C=O) groups is 1. The maximum Gasteiger partial charge on any atom is 0.433 e. The highest BCUT2D eigenvalue weighted by molar-refractivity contribution is 5.70. The Morgan fingerprint density at radius 2 is 2.03 bits per heavy atom. The number of hydrogen-bond acceptors (Lipinski definition) is 4. The monoisotopic (exact) mass is 408 g/mol. The third-order valence-corrected chi connectivity index (χ3v) is 4.71. The molecule has 1 amide bonds. The highest BCUT2D eigenvalue weighted by Crippen LogP contribution is 2.42. The molecule has 8 heteroatoms. The maximum absolute atomic E-state index is 13.1. The molecule has 29 heavy (non-hydrogen) atoms. The van der Waals surface area contributed by atoms with E-state index in [4.69, 9.17) is 15.2 Å². The number of primary amides is 1. The highest BCUT2D eigenvalue weighted by Gasteiger charge is 2.37. The van der Waals surface area contributed by atoms with Gasteiger partial charge in [-0.15, -0.1) is 0 Å². The van der Waals surface area contributed by atoms with Crippen molar-refractivity contribution in [3.8, 4) is 11.1 Å². The number of alkyl halides is 3. The molecule has 1 aromatic heterocycles. The molecule has 1 aliphatic heterocycles. The fourth-order valence-electron chi connectivity index (χ4n) is 3.59. The number of carbonyl (C=O) groups excluding carboxylic acids is 1. The predicted molar refractivity (Wildman–Crippen MR) is 101 cm³/mol. The zero-order valence-corrected chi connectivity index (χ0v) is 16.4. The van der Waals surface area contributed by atoms with Gasteiger partial charge in [0.2, 0.25) is 0 Å². The molecule has 3 rings (SSSR count). The second kappa shape index (κ2) is 7.67. The van der Waals surface area contributed by atoms with Crippen molar-refractivity contribution in [1.29, 1.82) is 0 Å². The first kappa shape index (κ1) is 21.1. The van der Waals surface area contributed by atoms with Crippen molar-refractivity contribution in [2.24, 2.45) is 11.1 Å². The van der Waals surface area contributed by atoms with Gasteiger partial charge in [0, 0.05) is 6.20 Å². The van der Waals surface area contributed by atoms with E-state index in [0.717, 1.165) is 23.4 Å². The number of ether oxygens (including phenoxy) is 2. The van der Waals surface area contributed by atoms with Crippen LogP contribution in [-0.2, 0) is 22.3 Å². The van der Waals surface area contributed by atoms with Gasteiger partial charge in [0.05, 0.1) is 6.61 Å². The minimum Gasteiger partial charge on any atom is -0.443 e. The Labute approximate surface area is 167 Å². The number of pyridine rings is 1. The minimum absolute atomic E-state index is 0.156. The smallest absolute Gasteiger partial charge is 0.433 e. The van der Waals surface area contributed by atoms with Crippen molar-refractivity contribution in [1.82, 2.24) is 4.98 Å². The lowest BCUT2D eigenvalue weighted by Crippen LogP contribution is -2.32. The van der Waals surface area contributed by atoms with Gasteiger partial charge in [-0.25, -0.2) is 4.79 Å². The van der Waals surface area contributed by atoms with Gasteiger partial charge in [-0.3, -0.25) is 4.98 Å². The van der Waals surface area contributed by atoms with Crippen LogP contribution >= 0.6 is 0 Å². The van der Waals surface area contributed by atoms with E-state index in [0.29, 0.717) is 17.5 Å². The van der Waals surface area contributed by atoms with Crippen LogP contribution in [0.2, 0.25) is 0 Å². The first-order valence-corrected chi connectivity index (χ1v) is 9.19. The van der Waals surface area contributed by atoms with Crippen LogP contribution in [0.25, 0.3) is 11.1 Å². The van der Waals surface area contributed by atoms with Crippen molar-refractivity contribution in [2.75, 3.05) is 0 Å². The highest BCUT2D eigenvalue weighted by atomic mass is 19.4. The van der Waals surface area contributed by atoms with E-state index >= 15 is 0 Å². The van der Waals surface area contributed by atoms with Crippen molar-refractivity contribution in [3.63, 3.8) is 0 Å². The summed E-state index contributed by atoms with van der Waals surface area (Å²) in [5.74, 6) is 0. The van der Waals surface area contributed by atoms with Crippen molar-refractivity contribution in [3.05, 3.63) is 53.3 Å². The molecule has 0 fully saturated rings. The van der Waals surface area contributed by atoms with E-state index in [1.165, 1.54) is 6.07 Å². The van der Waals surface area contributed by atoms with Crippen LogP contribution in [0.4, 0.5) is 18.0 Å². The third kappa shape index (κ3) is 4.87. The lowest BCUT2D eigenvalue weighted by Gasteiger charge is -2.29. The van der Waals surface area contributed by atoms with Gasteiger partial charge < -0.3 is 15.2 Å². The fraction of sp³-hybridized carbons (Fsp3) is 0.429. The maximum atomic E-state index is 13.1. The third-order valence-electron chi connectivity index (χ3n) is 4.71. The van der Waals surface area contributed by atoms with E-state index in [-0.39, 0.29) is 12.0 Å². The van der Waals surface area contributed by atoms with Crippen molar-refractivity contribution in [2.45, 2.75) is 52.2 Å². The largest absolute Gasteiger partial charge is 0.443 e. The SMILES string of the molecule is CC(C)(C)CC(OC(N)=O)C1OCc2c(-c3ccnc(C(F)(F)F)c3)cccc21. The molecule has 2 heterocycles. The standard InChI is InChI=1S/C21H23F3N2O3/c1-20(2,3)10-16(29-19(25)27)18-14-6-4-5-13(15(14)11-28-18)12-7-8-26-17(9-12)21(22,23)24/h4-9,16,18H,10-11H2,1-3H3,(H2,25,27). The average molecular weight is 408 g/mol. The Morgan fingerprint density at radius 1 is 1.31 bits per heavy atom. The molecule has 0 aliphatic carbocycles. The molecule has 1 aliphatic rings. The molecule has 2 aromatic rings. The Bertz CT molecular complexity index is 907. The summed E-state index contributed by atoms with van der Waals surface area (Å²) in [4.78, 5) is 14.8. The lowest BCUT2D eigenvalue weighted by molar-refractivity contribution is -0.141. The molecule has 1 aromatic carbocycles. The number of hydrogen-bond donors (Lipinski definition) is 1. The van der Waals surface area contributed by atoms with Gasteiger partial charge in [-0.1, -0.05) is 39.0 Å². The van der Waals surface area contributed by atoms with Crippen molar-refractivity contribution >= 4 is 6.09 Å². The number of aromatic nitrogens is 1. The van der Waals surface area contributed by atoms with Gasteiger partial charge in [-0.05, 0) is 46.2 Å². The summed E-state index contributed by atoms with van der Waals surface area (Å²) in [5.41, 5.74) is 6.72. The van der Waals surface area contributed by atoms with Gasteiger partial charge in [0.15, 0.2) is 0 Å². The second-order valence-corrected chi connectivity index (χ2v) is 8.27. The molecular weight excluding hydrogens is 385 g/mol. The number of amides is 1. The summed E-state index contributed by atoms with van der Waals surface area (Å²) in [5, 5.41) is 0. The fourth-order valence-corrected chi connectivity index (χ4v) is 3.59. The van der Waals surface area contributed by atoms with Gasteiger partial charge in [-0.2, -0.15) is 13.2 Å². The number of rotatable bonds is 4. The first-order chi connectivity index (χ1) is 13.5. The number of benzene rings is 1. The van der Waals surface area contributed by atoms with Crippen LogP contribution in [-0.4, -0.2) is 17.2 Å². The summed E-state index contributed by atoms with van der Waals surface area (Å²) in [6.07, 6.45) is -4.91. The van der Waals surface area contributed by atoms with Gasteiger partial charge >= 0.3 is 12.3 Å². The van der Waals surface area contributed by atoms with E-state index in [1.54, 1.807) is 12.1 Å². The molecule has 0 saturated heterocycles. The Kier molecular flexibility index (Phi) is 5.58. The summed E-state index contributed by atoms with van der Waals surface area (Å²) in [7, 11) is 0. The van der Waals surface area contributed by atoms with E-state index in [1.807, 2.05) is 26.8 Å². The topological polar surface area (TPSA) is 74.4 Å². The van der Waals surface area contributed by atoms with E-state index in [9.17, 15) is 18.0 Å². The summed E-state index contributed by atoms with van der Waals surface area (Å²) >= 11 is 0. The van der Waals surface area contributed by atoms with Crippen LogP contribution in [0.5, 0.6) is 0 Å². The van der Waals surface area contributed by atoms with Gasteiger partial charge in [0.25, 0.3) is 0 Å². The molecule has 2 atom stereocenters. The molecular formula is C21H23F3N2O3. The quantitative estimate of drug-likeness (QED) is 0.751. The van der Waals surface area contributed by atoms with Crippen molar-refractivity contribution < 1.29 is 27.4 Å². The number of nitrogens with two attached hydrogens (primary N) is 1. The van der Waals surface area contributed by atoms with Crippen LogP contribution in [0.15, 0.2) is 36.5 Å². The van der Waals surface area contributed by atoms with Crippen LogP contribution in [0.3, 0.4) is 0 Å². The Balaban J connectivity index is 2.00. The van der Waals surface area contributed by atoms with Gasteiger partial charge in [0.1, 0.15) is 17.9 Å². The number of nitrogens with zero attached hydrogens (tertiary/aromatic N) is 1. The normalized spacial score (nSPS) is 17.7. The lowest BCUT2D eigenvalue weighted by atomic mass is 9.85. The Hall–Kier alpha value is -2.61. The molecule has 5 nitrogen and oxygen atoms in total. The molecule has 0 radical (unpaired) electrons. The molecule has 2 unspecified atom stereocenters. The molecule has 0 saturated carbocycles. The number of halogens is 3. The molecule has 0 bridgehead atoms. The van der Waals surface area contributed by atoms with E-state index in [2.05, 4.69) is 4.98 Å². The Morgan fingerprint density at radius 3 is 2.66 bits per heavy atom. The van der Waals surface area contributed by atoms with Crippen LogP contribution in [0, 0.1) is 5.41 Å². The summed E-state index contributed by atoms with van der Waals surface area (Å²) in [6, 6.07) is 7.89. The summed E-state index contributed by atoms with van der Waals surface area (Å²) < 4.78 is 50.4. The second-order valence-electron chi connectivity index (χ2n) is 8.27. The van der Waals surface area contributed by atoms with E-state index < -0.39 is 30.2 Å². The zero-order chi connectivity index (χ0) is 21.4. The zero-order valence-electron chi connectivity index (χ0n) is 16.4. The predicted octanol–water partition coefficient (Wildman–Crippen LogP) is 5.24. The first-order valence-electron chi connectivity index (χ1n) is 9.19. The van der Waals surface area contributed by atoms with Crippen LogP contribution < -0.4 is 5.73 Å². The molecule has 2 N–H and O–H groups in total. The van der Waals surface area contributed by atoms with Crippen LogP contribution in [0.1, 0.15) is 50.1 Å². The average Bonchev–Trinajstić information content (AvgIpc) is 3.03. The minimum atomic E-state index is -4.53. The molecule has 156 valence electrons. The molecule has 0 spiro atoms. The summed E-state index contributed by atoms with van der Waals surface area (Å²) in [6.45, 7) is 6.22.